The topological polar surface area (TPSA) is 50.2 Å². The minimum atomic E-state index is -0.960. The molecule has 0 bridgehead atoms. The summed E-state index contributed by atoms with van der Waals surface area (Å²) in [6.07, 6.45) is 0.443. The van der Waals surface area contributed by atoms with Gasteiger partial charge >= 0.3 is 5.97 Å². The molecule has 0 aliphatic rings. The number of benzene rings is 1. The number of hydrogen-bond donors (Lipinski definition) is 1. The van der Waals surface area contributed by atoms with E-state index in [1.165, 1.54) is 12.1 Å². The van der Waals surface area contributed by atoms with Crippen LogP contribution in [0, 0.1) is 5.82 Å². The molecule has 0 fully saturated rings. The summed E-state index contributed by atoms with van der Waals surface area (Å²) < 4.78 is 13.2. The van der Waals surface area contributed by atoms with E-state index in [1.807, 2.05) is 26.8 Å². The Morgan fingerprint density at radius 2 is 2.10 bits per heavy atom. The van der Waals surface area contributed by atoms with Gasteiger partial charge in [-0.3, -0.25) is 0 Å². The van der Waals surface area contributed by atoms with Crippen LogP contribution in [0.4, 0.5) is 4.39 Å². The van der Waals surface area contributed by atoms with Crippen molar-refractivity contribution in [2.75, 3.05) is 0 Å². The Morgan fingerprint density at radius 3 is 2.60 bits per heavy atom. The molecule has 0 aliphatic carbocycles. The van der Waals surface area contributed by atoms with Crippen molar-refractivity contribution in [3.8, 4) is 0 Å². The van der Waals surface area contributed by atoms with Gasteiger partial charge < -0.3 is 5.11 Å². The molecular formula is C15H16FNO2S. The minimum Gasteiger partial charge on any atom is -0.477 e. The summed E-state index contributed by atoms with van der Waals surface area (Å²) in [6.45, 7) is 5.79. The van der Waals surface area contributed by atoms with E-state index in [2.05, 4.69) is 4.98 Å². The van der Waals surface area contributed by atoms with Gasteiger partial charge in [0.1, 0.15) is 10.7 Å². The number of rotatable bonds is 3. The summed E-state index contributed by atoms with van der Waals surface area (Å²) in [7, 11) is 0. The zero-order valence-corrected chi connectivity index (χ0v) is 12.4. The van der Waals surface area contributed by atoms with Crippen molar-refractivity contribution in [3.05, 3.63) is 51.2 Å². The van der Waals surface area contributed by atoms with Gasteiger partial charge in [-0.25, -0.2) is 14.2 Å². The van der Waals surface area contributed by atoms with Crippen molar-refractivity contribution in [2.45, 2.75) is 32.6 Å². The van der Waals surface area contributed by atoms with E-state index in [-0.39, 0.29) is 16.1 Å². The smallest absolute Gasteiger partial charge is 0.347 e. The molecule has 0 spiro atoms. The van der Waals surface area contributed by atoms with Gasteiger partial charge in [-0.1, -0.05) is 32.9 Å². The van der Waals surface area contributed by atoms with Crippen LogP contribution in [0.15, 0.2) is 24.3 Å². The van der Waals surface area contributed by atoms with Gasteiger partial charge in [0.05, 0.1) is 10.7 Å². The molecule has 1 aromatic carbocycles. The molecule has 20 heavy (non-hydrogen) atoms. The fourth-order valence-corrected chi connectivity index (χ4v) is 3.06. The Morgan fingerprint density at radius 1 is 1.40 bits per heavy atom. The average molecular weight is 293 g/mol. The van der Waals surface area contributed by atoms with E-state index in [1.54, 1.807) is 6.07 Å². The number of thiazole rings is 1. The summed E-state index contributed by atoms with van der Waals surface area (Å²) >= 11 is 1.16. The van der Waals surface area contributed by atoms with Gasteiger partial charge in [0.2, 0.25) is 0 Å². The Hall–Kier alpha value is -1.75. The van der Waals surface area contributed by atoms with Crippen LogP contribution in [-0.4, -0.2) is 16.1 Å². The number of nitrogens with zero attached hydrogens (tertiary/aromatic N) is 1. The van der Waals surface area contributed by atoms with E-state index >= 15 is 0 Å². The molecule has 5 heteroatoms. The summed E-state index contributed by atoms with van der Waals surface area (Å²) in [5.74, 6) is -1.26. The lowest BCUT2D eigenvalue weighted by atomic mass is 9.91. The van der Waals surface area contributed by atoms with Gasteiger partial charge in [0.15, 0.2) is 0 Å². The molecule has 0 aliphatic heterocycles. The lowest BCUT2D eigenvalue weighted by Gasteiger charge is -2.16. The van der Waals surface area contributed by atoms with Crippen molar-refractivity contribution >= 4 is 17.3 Å². The molecule has 1 aromatic heterocycles. The summed E-state index contributed by atoms with van der Waals surface area (Å²) in [5, 5.41) is 9.96. The predicted molar refractivity (Wildman–Crippen MR) is 77.0 cm³/mol. The summed E-state index contributed by atoms with van der Waals surface area (Å²) in [6, 6.07) is 6.27. The highest BCUT2D eigenvalue weighted by Crippen LogP contribution is 2.30. The molecule has 2 aromatic rings. The fraction of sp³-hybridized carbons (Fsp3) is 0.333. The quantitative estimate of drug-likeness (QED) is 0.934. The Bertz CT molecular complexity index is 644. The number of hydrogen-bond acceptors (Lipinski definition) is 3. The highest BCUT2D eigenvalue weighted by atomic mass is 32.1. The first-order valence-electron chi connectivity index (χ1n) is 6.25. The summed E-state index contributed by atoms with van der Waals surface area (Å²) in [4.78, 5) is 16.0. The van der Waals surface area contributed by atoms with E-state index < -0.39 is 5.97 Å². The van der Waals surface area contributed by atoms with Crippen molar-refractivity contribution in [3.63, 3.8) is 0 Å². The number of carboxylic acid groups (broad SMARTS) is 1. The van der Waals surface area contributed by atoms with Crippen LogP contribution >= 0.6 is 11.3 Å². The van der Waals surface area contributed by atoms with Gasteiger partial charge in [-0.05, 0) is 17.7 Å². The zero-order chi connectivity index (χ0) is 14.9. The molecule has 0 radical (unpaired) electrons. The lowest BCUT2D eigenvalue weighted by Crippen LogP contribution is -2.16. The Kier molecular flexibility index (Phi) is 3.90. The Labute approximate surface area is 121 Å². The van der Waals surface area contributed by atoms with Crippen LogP contribution in [0.1, 0.15) is 46.7 Å². The maximum atomic E-state index is 13.2. The second-order valence-corrected chi connectivity index (χ2v) is 6.73. The third-order valence-corrected chi connectivity index (χ3v) is 3.86. The van der Waals surface area contributed by atoms with Gasteiger partial charge in [0, 0.05) is 11.8 Å². The first-order chi connectivity index (χ1) is 9.27. The standard InChI is InChI=1S/C15H16FNO2S/c1-15(2,3)13-12(14(18)19)20-11(17-13)8-9-5-4-6-10(16)7-9/h4-7H,8H2,1-3H3,(H,18,19). The van der Waals surface area contributed by atoms with Gasteiger partial charge in [-0.2, -0.15) is 0 Å². The van der Waals surface area contributed by atoms with E-state index in [0.29, 0.717) is 17.1 Å². The maximum absolute atomic E-state index is 13.2. The minimum absolute atomic E-state index is 0.268. The number of carbonyl (C=O) groups is 1. The average Bonchev–Trinajstić information content (AvgIpc) is 2.73. The first kappa shape index (κ1) is 14.7. The Balaban J connectivity index is 2.37. The van der Waals surface area contributed by atoms with Crippen molar-refractivity contribution < 1.29 is 14.3 Å². The predicted octanol–water partition coefficient (Wildman–Crippen LogP) is 3.87. The molecule has 0 unspecified atom stereocenters. The number of halogens is 1. The fourth-order valence-electron chi connectivity index (χ4n) is 1.91. The molecule has 1 heterocycles. The third-order valence-electron chi connectivity index (χ3n) is 2.82. The van der Waals surface area contributed by atoms with Crippen LogP contribution in [0.25, 0.3) is 0 Å². The highest BCUT2D eigenvalue weighted by molar-refractivity contribution is 7.13. The normalized spacial score (nSPS) is 11.6. The van der Waals surface area contributed by atoms with Gasteiger partial charge in [-0.15, -0.1) is 11.3 Å². The molecule has 106 valence electrons. The van der Waals surface area contributed by atoms with Crippen LogP contribution in [0.5, 0.6) is 0 Å². The van der Waals surface area contributed by atoms with E-state index in [0.717, 1.165) is 16.9 Å². The van der Waals surface area contributed by atoms with Crippen LogP contribution in [0.3, 0.4) is 0 Å². The zero-order valence-electron chi connectivity index (χ0n) is 11.6. The van der Waals surface area contributed by atoms with Crippen molar-refractivity contribution in [1.82, 2.24) is 4.98 Å². The molecule has 0 saturated heterocycles. The second kappa shape index (κ2) is 5.32. The summed E-state index contributed by atoms with van der Waals surface area (Å²) in [5.41, 5.74) is 1.04. The van der Waals surface area contributed by atoms with Crippen LogP contribution in [0.2, 0.25) is 0 Å². The molecule has 1 N–H and O–H groups in total. The molecule has 0 amide bonds. The number of aromatic carboxylic acids is 1. The first-order valence-corrected chi connectivity index (χ1v) is 7.07. The third kappa shape index (κ3) is 3.22. The monoisotopic (exact) mass is 293 g/mol. The van der Waals surface area contributed by atoms with Gasteiger partial charge in [0.25, 0.3) is 0 Å². The number of aromatic nitrogens is 1. The maximum Gasteiger partial charge on any atom is 0.347 e. The SMILES string of the molecule is CC(C)(C)c1nc(Cc2cccc(F)c2)sc1C(=O)O. The second-order valence-electron chi connectivity index (χ2n) is 5.65. The molecule has 3 nitrogen and oxygen atoms in total. The highest BCUT2D eigenvalue weighted by Gasteiger charge is 2.26. The number of carboxylic acids is 1. The van der Waals surface area contributed by atoms with Crippen molar-refractivity contribution in [1.29, 1.82) is 0 Å². The molecular weight excluding hydrogens is 277 g/mol. The largest absolute Gasteiger partial charge is 0.477 e. The van der Waals surface area contributed by atoms with E-state index in [4.69, 9.17) is 0 Å². The molecule has 0 saturated carbocycles. The lowest BCUT2D eigenvalue weighted by molar-refractivity contribution is 0.0699. The van der Waals surface area contributed by atoms with Crippen LogP contribution < -0.4 is 0 Å². The molecule has 0 atom stereocenters. The van der Waals surface area contributed by atoms with E-state index in [9.17, 15) is 14.3 Å². The van der Waals surface area contributed by atoms with Crippen LogP contribution in [-0.2, 0) is 11.8 Å². The molecule has 2 rings (SSSR count). The van der Waals surface area contributed by atoms with Crippen molar-refractivity contribution in [2.24, 2.45) is 0 Å².